The van der Waals surface area contributed by atoms with Gasteiger partial charge in [0.2, 0.25) is 5.91 Å². The van der Waals surface area contributed by atoms with E-state index in [1.54, 1.807) is 25.1 Å². The van der Waals surface area contributed by atoms with Crippen LogP contribution in [0.1, 0.15) is 50.9 Å². The van der Waals surface area contributed by atoms with Gasteiger partial charge in [-0.15, -0.1) is 0 Å². The van der Waals surface area contributed by atoms with Crippen molar-refractivity contribution in [3.05, 3.63) is 45.7 Å². The molecule has 2 saturated heterocycles. The van der Waals surface area contributed by atoms with Crippen molar-refractivity contribution in [1.82, 2.24) is 30.0 Å². The number of nitrogens with zero attached hydrogens (tertiary/aromatic N) is 6. The van der Waals surface area contributed by atoms with Crippen LogP contribution in [0.15, 0.2) is 24.4 Å². The van der Waals surface area contributed by atoms with Gasteiger partial charge in [0.25, 0.3) is 0 Å². The fourth-order valence-electron chi connectivity index (χ4n) is 5.90. The lowest BCUT2D eigenvalue weighted by Crippen LogP contribution is -2.54. The van der Waals surface area contributed by atoms with E-state index in [9.17, 15) is 18.0 Å². The maximum atomic E-state index is 13.9. The molecule has 1 aromatic carbocycles. The summed E-state index contributed by atoms with van der Waals surface area (Å²) < 4.78 is 42.9. The summed E-state index contributed by atoms with van der Waals surface area (Å²) in [6, 6.07) is 4.32. The molecule has 2 aromatic heterocycles. The third kappa shape index (κ3) is 6.01. The maximum Gasteiger partial charge on any atom is 0.437 e. The molecule has 216 valence electrons. The van der Waals surface area contributed by atoms with Crippen molar-refractivity contribution >= 4 is 46.1 Å². The van der Waals surface area contributed by atoms with Gasteiger partial charge in [-0.05, 0) is 62.8 Å². The lowest BCUT2D eigenvalue weighted by Gasteiger charge is -2.47. The minimum atomic E-state index is -4.69. The van der Waals surface area contributed by atoms with Gasteiger partial charge < -0.3 is 15.1 Å². The Morgan fingerprint density at radius 3 is 2.60 bits per heavy atom. The quantitative estimate of drug-likeness (QED) is 0.391. The Morgan fingerprint density at radius 1 is 1.18 bits per heavy atom. The van der Waals surface area contributed by atoms with E-state index in [2.05, 4.69) is 30.2 Å². The first-order valence-electron chi connectivity index (χ1n) is 13.4. The zero-order valence-electron chi connectivity index (χ0n) is 22.5. The molecule has 2 aliphatic rings. The average Bonchev–Trinajstić information content (AvgIpc) is 3.22. The summed E-state index contributed by atoms with van der Waals surface area (Å²) in [5, 5.41) is 7.62. The molecule has 4 heterocycles. The highest BCUT2D eigenvalue weighted by molar-refractivity contribution is 6.35. The van der Waals surface area contributed by atoms with E-state index in [4.69, 9.17) is 23.2 Å². The van der Waals surface area contributed by atoms with Crippen LogP contribution >= 0.6 is 23.2 Å². The molecule has 0 aliphatic carbocycles. The van der Waals surface area contributed by atoms with E-state index in [1.807, 2.05) is 6.92 Å². The van der Waals surface area contributed by atoms with Crippen LogP contribution in [0.4, 0.5) is 19.0 Å². The number of hydrogen-bond donors (Lipinski definition) is 1. The van der Waals surface area contributed by atoms with Gasteiger partial charge in [0.1, 0.15) is 11.3 Å². The number of carbonyl (C=O) groups excluding carboxylic acids is 1. The van der Waals surface area contributed by atoms with E-state index in [1.165, 1.54) is 17.8 Å². The lowest BCUT2D eigenvalue weighted by atomic mass is 9.80. The van der Waals surface area contributed by atoms with Crippen LogP contribution < -0.4 is 10.2 Å². The zero-order chi connectivity index (χ0) is 28.8. The van der Waals surface area contributed by atoms with Gasteiger partial charge in [-0.1, -0.05) is 29.3 Å². The molecule has 0 saturated carbocycles. The van der Waals surface area contributed by atoms with Crippen molar-refractivity contribution in [2.24, 2.45) is 11.8 Å². The van der Waals surface area contributed by atoms with Gasteiger partial charge in [0, 0.05) is 49.2 Å². The van der Waals surface area contributed by atoms with Crippen LogP contribution in [0.25, 0.3) is 11.2 Å². The Hall–Kier alpha value is -2.63. The summed E-state index contributed by atoms with van der Waals surface area (Å²) in [4.78, 5) is 24.6. The van der Waals surface area contributed by atoms with Gasteiger partial charge in [0.05, 0.1) is 12.2 Å². The van der Waals surface area contributed by atoms with Crippen molar-refractivity contribution in [3.8, 4) is 0 Å². The molecule has 0 unspecified atom stereocenters. The molecule has 1 N–H and O–H groups in total. The fraction of sp³-hybridized carbons (Fsp3) is 0.556. The van der Waals surface area contributed by atoms with Gasteiger partial charge in [-0.3, -0.25) is 4.79 Å². The normalized spacial score (nSPS) is 20.4. The lowest BCUT2D eigenvalue weighted by molar-refractivity contribution is -0.140. The van der Waals surface area contributed by atoms with E-state index < -0.39 is 17.9 Å². The molecule has 2 fully saturated rings. The number of amides is 1. The highest BCUT2D eigenvalue weighted by Gasteiger charge is 2.40. The van der Waals surface area contributed by atoms with Crippen molar-refractivity contribution in [2.45, 2.75) is 51.9 Å². The molecule has 3 atom stereocenters. The summed E-state index contributed by atoms with van der Waals surface area (Å²) in [6.07, 6.45) is -1.04. The molecule has 13 heteroatoms. The highest BCUT2D eigenvalue weighted by Crippen LogP contribution is 2.38. The number of aromatic nitrogens is 4. The van der Waals surface area contributed by atoms with Crippen LogP contribution in [-0.2, 0) is 11.0 Å². The average molecular weight is 599 g/mol. The van der Waals surface area contributed by atoms with Gasteiger partial charge in [0.15, 0.2) is 11.3 Å². The van der Waals surface area contributed by atoms with E-state index >= 15 is 0 Å². The smallest absolute Gasteiger partial charge is 0.355 e. The van der Waals surface area contributed by atoms with Crippen molar-refractivity contribution in [2.75, 3.05) is 37.6 Å². The number of benzene rings is 1. The largest absolute Gasteiger partial charge is 0.437 e. The minimum Gasteiger partial charge on any atom is -0.355 e. The first kappa shape index (κ1) is 28.9. The summed E-state index contributed by atoms with van der Waals surface area (Å²) in [5.74, 6) is 1.47. The van der Waals surface area contributed by atoms with Gasteiger partial charge >= 0.3 is 6.18 Å². The molecule has 0 bridgehead atoms. The second-order valence-electron chi connectivity index (χ2n) is 11.0. The summed E-state index contributed by atoms with van der Waals surface area (Å²) >= 11 is 12.4. The molecule has 40 heavy (non-hydrogen) atoms. The number of carbonyl (C=O) groups is 1. The third-order valence-corrected chi connectivity index (χ3v) is 8.42. The van der Waals surface area contributed by atoms with Gasteiger partial charge in [-0.25, -0.2) is 14.6 Å². The number of rotatable bonds is 7. The molecular weight excluding hydrogens is 566 g/mol. The van der Waals surface area contributed by atoms with Crippen molar-refractivity contribution in [3.63, 3.8) is 0 Å². The SMILES string of the molecule is CC(=O)N[C@H](C)CN1CCC[C@H](C2CN(c3cnc4c(C(F)(F)F)nn([C@H](C)c5ccc(Cl)cc5Cl)c4n3)C2)C1. The Kier molecular flexibility index (Phi) is 8.18. The summed E-state index contributed by atoms with van der Waals surface area (Å²) in [5.41, 5.74) is -0.727. The predicted octanol–water partition coefficient (Wildman–Crippen LogP) is 5.43. The molecule has 2 aliphatic heterocycles. The third-order valence-electron chi connectivity index (χ3n) is 7.86. The Morgan fingerprint density at radius 2 is 1.93 bits per heavy atom. The number of hydrogen-bond acceptors (Lipinski definition) is 6. The number of alkyl halides is 3. The Balaban J connectivity index is 1.34. The number of nitrogens with one attached hydrogen (secondary N) is 1. The van der Waals surface area contributed by atoms with Crippen LogP contribution in [-0.4, -0.2) is 69.3 Å². The topological polar surface area (TPSA) is 79.2 Å². The van der Waals surface area contributed by atoms with Gasteiger partial charge in [-0.2, -0.15) is 18.3 Å². The van der Waals surface area contributed by atoms with E-state index in [0.717, 1.165) is 45.6 Å². The van der Waals surface area contributed by atoms with Crippen LogP contribution in [0.5, 0.6) is 0 Å². The number of likely N-dealkylation sites (tertiary alicyclic amines) is 1. The molecule has 5 rings (SSSR count). The summed E-state index contributed by atoms with van der Waals surface area (Å²) in [7, 11) is 0. The molecule has 3 aromatic rings. The molecule has 0 radical (unpaired) electrons. The summed E-state index contributed by atoms with van der Waals surface area (Å²) in [6.45, 7) is 9.59. The molecular formula is C27H32Cl2F3N7O. The van der Waals surface area contributed by atoms with Crippen LogP contribution in [0, 0.1) is 11.8 Å². The monoisotopic (exact) mass is 597 g/mol. The predicted molar refractivity (Wildman–Crippen MR) is 149 cm³/mol. The van der Waals surface area contributed by atoms with E-state index in [0.29, 0.717) is 33.3 Å². The maximum absolute atomic E-state index is 13.9. The fourth-order valence-corrected chi connectivity index (χ4v) is 6.47. The second-order valence-corrected chi connectivity index (χ2v) is 11.8. The highest BCUT2D eigenvalue weighted by atomic mass is 35.5. The minimum absolute atomic E-state index is 0.0249. The molecule has 8 nitrogen and oxygen atoms in total. The molecule has 0 spiro atoms. The van der Waals surface area contributed by atoms with Crippen molar-refractivity contribution < 1.29 is 18.0 Å². The van der Waals surface area contributed by atoms with Crippen LogP contribution in [0.3, 0.4) is 0 Å². The number of fused-ring (bicyclic) bond motifs is 1. The Bertz CT molecular complexity index is 1390. The standard InChI is InChI=1S/C27H32Cl2F3N7O/c1-15(34-17(3)40)11-37-8-4-5-18(12-37)19-13-38(14-19)23-10-33-24-25(27(30,31)32)36-39(26(24)35-23)16(2)21-7-6-20(28)9-22(21)29/h6-7,9-10,15-16,18-19H,4-5,8,11-14H2,1-3H3,(H,34,40)/t15-,16-,18+/m1/s1. The number of halogens is 5. The van der Waals surface area contributed by atoms with Crippen molar-refractivity contribution in [1.29, 1.82) is 0 Å². The molecule has 1 amide bonds. The Labute approximate surface area is 240 Å². The van der Waals surface area contributed by atoms with Crippen LogP contribution in [0.2, 0.25) is 10.0 Å². The zero-order valence-corrected chi connectivity index (χ0v) is 24.1. The second kappa shape index (κ2) is 11.3. The number of anilines is 1. The first-order valence-corrected chi connectivity index (χ1v) is 14.2. The number of piperidine rings is 1. The van der Waals surface area contributed by atoms with E-state index in [-0.39, 0.29) is 23.1 Å². The first-order chi connectivity index (χ1) is 18.9.